The lowest BCUT2D eigenvalue weighted by atomic mass is 10.1. The Morgan fingerprint density at radius 2 is 2.05 bits per heavy atom. The van der Waals surface area contributed by atoms with Crippen LogP contribution in [0.2, 0.25) is 0 Å². The van der Waals surface area contributed by atoms with Crippen LogP contribution in [-0.4, -0.2) is 72.8 Å². The minimum atomic E-state index is -1.17. The molecule has 1 heterocycles. The first kappa shape index (κ1) is 19.9. The fourth-order valence-electron chi connectivity index (χ4n) is 2.15. The van der Waals surface area contributed by atoms with E-state index in [-0.39, 0.29) is 11.8 Å². The minimum absolute atomic E-state index is 0.141. The summed E-state index contributed by atoms with van der Waals surface area (Å²) < 4.78 is 8.51. The maximum absolute atomic E-state index is 11.6. The number of hydrogen-bond donors (Lipinski definition) is 3. The highest BCUT2D eigenvalue weighted by molar-refractivity contribution is 7.16. The smallest absolute Gasteiger partial charge is 0.370 e. The molecule has 0 bridgehead atoms. The molecule has 0 saturated carbocycles. The minimum Gasteiger partial charge on any atom is -0.370 e. The molecule has 122 valence electrons. The Labute approximate surface area is 126 Å². The van der Waals surface area contributed by atoms with Crippen molar-refractivity contribution in [1.29, 1.82) is 0 Å². The molecule has 1 saturated heterocycles. The highest BCUT2D eigenvalue weighted by Crippen LogP contribution is 2.10. The van der Waals surface area contributed by atoms with Crippen LogP contribution < -0.4 is 11.1 Å². The molecule has 1 fully saturated rings. The number of nitrogens with one attached hydrogen (secondary N) is 1. The van der Waals surface area contributed by atoms with Gasteiger partial charge >= 0.3 is 8.69 Å². The highest BCUT2D eigenvalue weighted by atomic mass is 31.1. The first-order valence-electron chi connectivity index (χ1n) is 6.86. The van der Waals surface area contributed by atoms with Gasteiger partial charge in [-0.25, -0.2) is 0 Å². The van der Waals surface area contributed by atoms with E-state index in [4.69, 9.17) is 15.2 Å². The molecule has 0 aromatic carbocycles. The number of amides is 2. The molecular formula is C12H26N4O4P+. The first-order valence-corrected chi connectivity index (χ1v) is 7.72. The molecular weight excluding hydrogens is 295 g/mol. The van der Waals surface area contributed by atoms with Crippen LogP contribution in [-0.2, 0) is 14.2 Å². The molecule has 4 N–H and O–H groups in total. The van der Waals surface area contributed by atoms with Crippen LogP contribution >= 0.6 is 8.69 Å². The SMILES string of the molecule is CN(C)C(=O)CCN1CCNCC1CCC(N)=O.O=[PH+]O. The molecule has 1 rings (SSSR count). The van der Waals surface area contributed by atoms with E-state index >= 15 is 0 Å². The third kappa shape index (κ3) is 9.47. The second kappa shape index (κ2) is 11.6. The van der Waals surface area contributed by atoms with Gasteiger partial charge in [-0.3, -0.25) is 14.5 Å². The van der Waals surface area contributed by atoms with Crippen LogP contribution in [0.1, 0.15) is 19.3 Å². The van der Waals surface area contributed by atoms with E-state index in [1.165, 1.54) is 0 Å². The Kier molecular flexibility index (Phi) is 11.0. The van der Waals surface area contributed by atoms with Gasteiger partial charge in [0.2, 0.25) is 11.8 Å². The number of primary amides is 1. The van der Waals surface area contributed by atoms with Crippen LogP contribution in [0.15, 0.2) is 0 Å². The van der Waals surface area contributed by atoms with Crippen molar-refractivity contribution in [2.45, 2.75) is 25.3 Å². The van der Waals surface area contributed by atoms with E-state index < -0.39 is 8.69 Å². The Bertz CT molecular complexity index is 341. The molecule has 0 spiro atoms. The summed E-state index contributed by atoms with van der Waals surface area (Å²) >= 11 is 0. The molecule has 0 aromatic heterocycles. The molecule has 2 atom stereocenters. The second-order valence-corrected chi connectivity index (χ2v) is 5.21. The first-order chi connectivity index (χ1) is 9.92. The van der Waals surface area contributed by atoms with E-state index in [1.807, 2.05) is 0 Å². The van der Waals surface area contributed by atoms with E-state index in [0.717, 1.165) is 32.6 Å². The van der Waals surface area contributed by atoms with Gasteiger partial charge in [-0.15, -0.1) is 0 Å². The maximum atomic E-state index is 11.6. The van der Waals surface area contributed by atoms with Gasteiger partial charge in [-0.1, -0.05) is 0 Å². The van der Waals surface area contributed by atoms with E-state index in [9.17, 15) is 9.59 Å². The van der Waals surface area contributed by atoms with Gasteiger partial charge in [-0.2, -0.15) is 4.89 Å². The molecule has 9 heteroatoms. The number of rotatable bonds is 6. The molecule has 0 aliphatic carbocycles. The molecule has 0 aromatic rings. The fraction of sp³-hybridized carbons (Fsp3) is 0.833. The number of nitrogens with zero attached hydrogens (tertiary/aromatic N) is 2. The van der Waals surface area contributed by atoms with Crippen LogP contribution in [0.3, 0.4) is 0 Å². The largest absolute Gasteiger partial charge is 0.491 e. The lowest BCUT2D eigenvalue weighted by Crippen LogP contribution is -2.52. The summed E-state index contributed by atoms with van der Waals surface area (Å²) in [6, 6.07) is 0.307. The quantitative estimate of drug-likeness (QED) is 0.536. The molecule has 0 radical (unpaired) electrons. The van der Waals surface area contributed by atoms with Gasteiger partial charge < -0.3 is 16.0 Å². The summed E-state index contributed by atoms with van der Waals surface area (Å²) in [5, 5.41) is 3.31. The van der Waals surface area contributed by atoms with Crippen molar-refractivity contribution in [1.82, 2.24) is 15.1 Å². The third-order valence-corrected chi connectivity index (χ3v) is 3.31. The van der Waals surface area contributed by atoms with Crippen molar-refractivity contribution in [2.75, 3.05) is 40.3 Å². The molecule has 2 unspecified atom stereocenters. The van der Waals surface area contributed by atoms with Gasteiger partial charge in [0, 0.05) is 59.2 Å². The molecule has 2 amide bonds. The summed E-state index contributed by atoms with van der Waals surface area (Å²) in [4.78, 5) is 33.3. The lowest BCUT2D eigenvalue weighted by Gasteiger charge is -2.36. The van der Waals surface area contributed by atoms with Crippen LogP contribution in [0, 0.1) is 0 Å². The van der Waals surface area contributed by atoms with Crippen LogP contribution in [0.5, 0.6) is 0 Å². The molecule has 21 heavy (non-hydrogen) atoms. The zero-order chi connectivity index (χ0) is 16.3. The number of nitrogens with two attached hydrogens (primary N) is 1. The van der Waals surface area contributed by atoms with Gasteiger partial charge in [0.05, 0.1) is 0 Å². The van der Waals surface area contributed by atoms with Gasteiger partial charge in [0.25, 0.3) is 0 Å². The zero-order valence-electron chi connectivity index (χ0n) is 12.7. The number of hydrogen-bond acceptors (Lipinski definition) is 5. The molecule has 1 aliphatic heterocycles. The predicted molar refractivity (Wildman–Crippen MR) is 81.2 cm³/mol. The Morgan fingerprint density at radius 3 is 2.57 bits per heavy atom. The van der Waals surface area contributed by atoms with E-state index in [0.29, 0.717) is 18.9 Å². The third-order valence-electron chi connectivity index (χ3n) is 3.31. The van der Waals surface area contributed by atoms with Gasteiger partial charge in [0.15, 0.2) is 0 Å². The summed E-state index contributed by atoms with van der Waals surface area (Å²) in [6.45, 7) is 3.47. The average molecular weight is 321 g/mol. The van der Waals surface area contributed by atoms with Crippen molar-refractivity contribution in [3.05, 3.63) is 0 Å². The number of carbonyl (C=O) groups excluding carboxylic acids is 2. The summed E-state index contributed by atoms with van der Waals surface area (Å²) in [6.07, 6.45) is 1.70. The normalized spacial score (nSPS) is 18.7. The monoisotopic (exact) mass is 321 g/mol. The number of piperazine rings is 1. The Hall–Kier alpha value is -1.08. The van der Waals surface area contributed by atoms with E-state index in [1.54, 1.807) is 19.0 Å². The summed E-state index contributed by atoms with van der Waals surface area (Å²) in [5.74, 6) is -0.118. The average Bonchev–Trinajstić information content (AvgIpc) is 2.44. The van der Waals surface area contributed by atoms with Crippen molar-refractivity contribution in [2.24, 2.45) is 5.73 Å². The molecule has 8 nitrogen and oxygen atoms in total. The zero-order valence-corrected chi connectivity index (χ0v) is 13.7. The standard InChI is InChI=1S/C12H24N4O2.HO2P/c1-15(2)12(18)5-7-16-8-6-14-9-10(16)3-4-11(13)17;1-3-2/h10,14H,3-9H2,1-2H3,(H2,13,17);3H/p+1. The van der Waals surface area contributed by atoms with Crippen molar-refractivity contribution in [3.63, 3.8) is 0 Å². The summed E-state index contributed by atoms with van der Waals surface area (Å²) in [7, 11) is 2.37. The summed E-state index contributed by atoms with van der Waals surface area (Å²) in [5.41, 5.74) is 5.18. The van der Waals surface area contributed by atoms with E-state index in [2.05, 4.69) is 10.2 Å². The van der Waals surface area contributed by atoms with Crippen LogP contribution in [0.25, 0.3) is 0 Å². The van der Waals surface area contributed by atoms with Crippen molar-refractivity contribution in [3.8, 4) is 0 Å². The molecule has 1 aliphatic rings. The van der Waals surface area contributed by atoms with Gasteiger partial charge in [0.1, 0.15) is 0 Å². The number of carbonyl (C=O) groups is 2. The highest BCUT2D eigenvalue weighted by Gasteiger charge is 2.22. The van der Waals surface area contributed by atoms with Gasteiger partial charge in [-0.05, 0) is 11.0 Å². The second-order valence-electron chi connectivity index (χ2n) is 5.03. The van der Waals surface area contributed by atoms with Crippen molar-refractivity contribution < 1.29 is 19.0 Å². The lowest BCUT2D eigenvalue weighted by molar-refractivity contribution is -0.129. The predicted octanol–water partition coefficient (Wildman–Crippen LogP) is -1.08. The topological polar surface area (TPSA) is 116 Å². The fourth-order valence-corrected chi connectivity index (χ4v) is 2.15. The Morgan fingerprint density at radius 1 is 1.43 bits per heavy atom. The van der Waals surface area contributed by atoms with Crippen molar-refractivity contribution >= 4 is 20.5 Å². The van der Waals surface area contributed by atoms with Crippen LogP contribution in [0.4, 0.5) is 0 Å². The Balaban J connectivity index is 0.00000122. The maximum Gasteiger partial charge on any atom is 0.491 e.